The highest BCUT2D eigenvalue weighted by atomic mass is 16.6. The van der Waals surface area contributed by atoms with Crippen LogP contribution < -0.4 is 5.32 Å². The average Bonchev–Trinajstić information content (AvgIpc) is 2.34. The predicted octanol–water partition coefficient (Wildman–Crippen LogP) is 1.31. The fraction of sp³-hybridized carbons (Fsp3) is 0.786. The first-order valence-corrected chi connectivity index (χ1v) is 7.00. The van der Waals surface area contributed by atoms with E-state index in [0.29, 0.717) is 0 Å². The van der Waals surface area contributed by atoms with Gasteiger partial charge in [-0.05, 0) is 33.6 Å². The summed E-state index contributed by atoms with van der Waals surface area (Å²) in [5.74, 6) is -1.71. The largest absolute Gasteiger partial charge is 0.467 e. The van der Waals surface area contributed by atoms with Crippen molar-refractivity contribution in [2.24, 2.45) is 5.92 Å². The van der Waals surface area contributed by atoms with Gasteiger partial charge in [0.1, 0.15) is 17.7 Å². The summed E-state index contributed by atoms with van der Waals surface area (Å²) in [4.78, 5) is 35.4. The molecule has 2 amide bonds. The minimum Gasteiger partial charge on any atom is -0.467 e. The summed E-state index contributed by atoms with van der Waals surface area (Å²) in [6.45, 7) is 9.67. The first-order chi connectivity index (χ1) is 9.90. The summed E-state index contributed by atoms with van der Waals surface area (Å²) in [5.41, 5.74) is -0.810. The van der Waals surface area contributed by atoms with Gasteiger partial charge in [-0.2, -0.15) is 5.06 Å². The predicted molar refractivity (Wildman–Crippen MR) is 78.1 cm³/mol. The molecule has 0 aromatic heterocycles. The lowest BCUT2D eigenvalue weighted by Crippen LogP contribution is -2.54. The molecule has 8 nitrogen and oxygen atoms in total. The monoisotopic (exact) mass is 318 g/mol. The Morgan fingerprint density at radius 1 is 1.14 bits per heavy atom. The zero-order valence-electron chi connectivity index (χ0n) is 14.2. The molecule has 0 aliphatic rings. The lowest BCUT2D eigenvalue weighted by molar-refractivity contribution is -0.158. The number of amides is 2. The van der Waals surface area contributed by atoms with Gasteiger partial charge in [0, 0.05) is 0 Å². The van der Waals surface area contributed by atoms with E-state index in [1.165, 1.54) is 14.0 Å². The van der Waals surface area contributed by atoms with Crippen molar-refractivity contribution < 1.29 is 29.1 Å². The summed E-state index contributed by atoms with van der Waals surface area (Å²) in [6, 6.07) is -2.09. The molecule has 0 fully saturated rings. The molecule has 2 atom stereocenters. The average molecular weight is 318 g/mol. The van der Waals surface area contributed by atoms with Crippen LogP contribution in [0.3, 0.4) is 0 Å². The van der Waals surface area contributed by atoms with E-state index < -0.39 is 41.6 Å². The van der Waals surface area contributed by atoms with E-state index in [9.17, 15) is 19.6 Å². The third kappa shape index (κ3) is 6.30. The van der Waals surface area contributed by atoms with Crippen molar-refractivity contribution in [3.63, 3.8) is 0 Å². The van der Waals surface area contributed by atoms with E-state index in [4.69, 9.17) is 4.74 Å². The highest BCUT2D eigenvalue weighted by Crippen LogP contribution is 2.15. The first-order valence-electron chi connectivity index (χ1n) is 7.00. The fourth-order valence-corrected chi connectivity index (χ4v) is 1.65. The third-order valence-electron chi connectivity index (χ3n) is 2.66. The molecule has 0 aromatic rings. The molecule has 2 N–H and O–H groups in total. The van der Waals surface area contributed by atoms with Crippen LogP contribution in [-0.4, -0.2) is 53.0 Å². The number of hydrogen-bond acceptors (Lipinski definition) is 6. The van der Waals surface area contributed by atoms with Crippen molar-refractivity contribution in [2.45, 2.75) is 59.2 Å². The molecule has 0 aliphatic heterocycles. The van der Waals surface area contributed by atoms with Gasteiger partial charge in [-0.25, -0.2) is 9.59 Å². The van der Waals surface area contributed by atoms with Gasteiger partial charge in [-0.1, -0.05) is 13.8 Å². The molecular weight excluding hydrogens is 292 g/mol. The van der Waals surface area contributed by atoms with E-state index in [1.807, 2.05) is 0 Å². The summed E-state index contributed by atoms with van der Waals surface area (Å²) >= 11 is 0. The third-order valence-corrected chi connectivity index (χ3v) is 2.66. The molecule has 0 saturated heterocycles. The molecule has 0 heterocycles. The number of ether oxygens (including phenoxy) is 2. The van der Waals surface area contributed by atoms with Gasteiger partial charge in [0.15, 0.2) is 0 Å². The molecule has 8 heteroatoms. The molecular formula is C14H26N2O6. The van der Waals surface area contributed by atoms with E-state index in [0.717, 1.165) is 0 Å². The lowest BCUT2D eigenvalue weighted by atomic mass is 10.0. The van der Waals surface area contributed by atoms with Crippen LogP contribution in [0.4, 0.5) is 4.79 Å². The molecule has 0 aromatic carbocycles. The summed E-state index contributed by atoms with van der Waals surface area (Å²) < 4.78 is 9.53. The Hall–Kier alpha value is -1.83. The Morgan fingerprint density at radius 3 is 2.00 bits per heavy atom. The van der Waals surface area contributed by atoms with Crippen molar-refractivity contribution in [3.8, 4) is 0 Å². The van der Waals surface area contributed by atoms with Gasteiger partial charge in [0.25, 0.3) is 0 Å². The number of carbonyl (C=O) groups excluding carboxylic acids is 3. The number of carbonyl (C=O) groups is 3. The fourth-order valence-electron chi connectivity index (χ4n) is 1.65. The lowest BCUT2D eigenvalue weighted by Gasteiger charge is -2.30. The molecule has 0 spiro atoms. The Kier molecular flexibility index (Phi) is 7.31. The zero-order chi connectivity index (χ0) is 17.7. The summed E-state index contributed by atoms with van der Waals surface area (Å²) in [7, 11) is 1.20. The topological polar surface area (TPSA) is 105 Å². The Bertz CT molecular complexity index is 416. The molecule has 0 aliphatic carbocycles. The highest BCUT2D eigenvalue weighted by Gasteiger charge is 2.35. The minimum absolute atomic E-state index is 0.245. The molecule has 0 bridgehead atoms. The number of methoxy groups -OCH3 is 1. The number of nitrogens with zero attached hydrogens (tertiary/aromatic N) is 1. The second kappa shape index (κ2) is 7.98. The SMILES string of the molecule is COC(=O)C(C)NC(=O)C(C(C)C)N(O)C(=O)OC(C)(C)C. The van der Waals surface area contributed by atoms with Crippen molar-refractivity contribution in [1.82, 2.24) is 10.4 Å². The van der Waals surface area contributed by atoms with Crippen LogP contribution in [-0.2, 0) is 19.1 Å². The van der Waals surface area contributed by atoms with E-state index in [-0.39, 0.29) is 5.06 Å². The molecule has 2 unspecified atom stereocenters. The second-order valence-corrected chi connectivity index (χ2v) is 6.27. The summed E-state index contributed by atoms with van der Waals surface area (Å²) in [5, 5.41) is 12.6. The first kappa shape index (κ1) is 20.2. The molecule has 128 valence electrons. The molecule has 0 rings (SSSR count). The normalized spacial score (nSPS) is 14.0. The number of nitrogens with one attached hydrogen (secondary N) is 1. The van der Waals surface area contributed by atoms with E-state index in [1.54, 1.807) is 34.6 Å². The van der Waals surface area contributed by atoms with Crippen LogP contribution in [0.25, 0.3) is 0 Å². The number of hydroxylamine groups is 2. The zero-order valence-corrected chi connectivity index (χ0v) is 14.2. The van der Waals surface area contributed by atoms with Gasteiger partial charge in [0.05, 0.1) is 7.11 Å². The maximum Gasteiger partial charge on any atom is 0.435 e. The Labute approximate surface area is 130 Å². The van der Waals surface area contributed by atoms with Gasteiger partial charge in [-0.15, -0.1) is 0 Å². The highest BCUT2D eigenvalue weighted by molar-refractivity contribution is 5.89. The summed E-state index contributed by atoms with van der Waals surface area (Å²) in [6.07, 6.45) is -1.04. The maximum atomic E-state index is 12.2. The van der Waals surface area contributed by atoms with Crippen molar-refractivity contribution in [2.75, 3.05) is 7.11 Å². The molecule has 0 radical (unpaired) electrons. The van der Waals surface area contributed by atoms with Gasteiger partial charge in [-0.3, -0.25) is 10.0 Å². The Morgan fingerprint density at radius 2 is 1.64 bits per heavy atom. The van der Waals surface area contributed by atoms with Crippen molar-refractivity contribution in [3.05, 3.63) is 0 Å². The van der Waals surface area contributed by atoms with Crippen LogP contribution in [0.5, 0.6) is 0 Å². The van der Waals surface area contributed by atoms with Gasteiger partial charge in [0.2, 0.25) is 5.91 Å². The maximum absolute atomic E-state index is 12.2. The van der Waals surface area contributed by atoms with Crippen LogP contribution in [0, 0.1) is 5.92 Å². The van der Waals surface area contributed by atoms with Gasteiger partial charge >= 0.3 is 12.1 Å². The van der Waals surface area contributed by atoms with Crippen LogP contribution in [0.15, 0.2) is 0 Å². The van der Waals surface area contributed by atoms with Gasteiger partial charge < -0.3 is 14.8 Å². The van der Waals surface area contributed by atoms with Crippen LogP contribution >= 0.6 is 0 Å². The van der Waals surface area contributed by atoms with Crippen LogP contribution in [0.2, 0.25) is 0 Å². The molecule has 0 saturated carbocycles. The number of hydrogen-bond donors (Lipinski definition) is 2. The standard InChI is InChI=1S/C14H26N2O6/c1-8(2)10(11(17)15-9(3)12(18)21-7)16(20)13(19)22-14(4,5)6/h8-10,20H,1-7H3,(H,15,17). The molecule has 22 heavy (non-hydrogen) atoms. The quantitative estimate of drug-likeness (QED) is 0.450. The van der Waals surface area contributed by atoms with Crippen molar-refractivity contribution >= 4 is 18.0 Å². The minimum atomic E-state index is -1.19. The van der Waals surface area contributed by atoms with Crippen LogP contribution in [0.1, 0.15) is 41.5 Å². The number of esters is 1. The number of rotatable bonds is 5. The Balaban J connectivity index is 5.02. The van der Waals surface area contributed by atoms with E-state index in [2.05, 4.69) is 10.1 Å². The van der Waals surface area contributed by atoms with E-state index >= 15 is 0 Å². The second-order valence-electron chi connectivity index (χ2n) is 6.27. The smallest absolute Gasteiger partial charge is 0.435 e. The van der Waals surface area contributed by atoms with Crippen molar-refractivity contribution in [1.29, 1.82) is 0 Å².